The summed E-state index contributed by atoms with van der Waals surface area (Å²) in [5.74, 6) is 0. The lowest BCUT2D eigenvalue weighted by Crippen LogP contribution is -2.36. The van der Waals surface area contributed by atoms with Crippen LogP contribution in [0, 0.1) is 0 Å². The normalized spacial score (nSPS) is 14.7. The maximum absolute atomic E-state index is 4.01. The van der Waals surface area contributed by atoms with Crippen LogP contribution in [0.5, 0.6) is 0 Å². The Hall–Kier alpha value is -2.22. The topological polar surface area (TPSA) is 16.8 Å². The van der Waals surface area contributed by atoms with Crippen LogP contribution in [-0.4, -0.2) is 4.98 Å². The molecule has 2 nitrogen and oxygen atoms in total. The summed E-state index contributed by atoms with van der Waals surface area (Å²) in [6, 6.07) is 17.3. The second-order valence-corrected chi connectivity index (χ2v) is 5.48. The van der Waals surface area contributed by atoms with Crippen molar-refractivity contribution in [1.29, 1.82) is 0 Å². The maximum atomic E-state index is 4.01. The van der Waals surface area contributed by atoms with Gasteiger partial charge in [-0.25, -0.2) is 4.57 Å². The summed E-state index contributed by atoms with van der Waals surface area (Å²) in [6.07, 6.45) is 13.6. The number of fused-ring (bicyclic) bond motifs is 1. The Balaban J connectivity index is 0.000000126. The fourth-order valence-electron chi connectivity index (χ4n) is 2.88. The molecule has 2 heterocycles. The number of pyridine rings is 2. The molecule has 2 heteroatoms. The SMILES string of the molecule is c1cc[n+](C2CCCC2)cc1.c1ccc2cnccc2c1. The minimum Gasteiger partial charge on any atom is -0.264 e. The van der Waals surface area contributed by atoms with E-state index < -0.39 is 0 Å². The Morgan fingerprint density at radius 1 is 0.810 bits per heavy atom. The number of nitrogens with zero attached hydrogens (tertiary/aromatic N) is 2. The fraction of sp³-hybridized carbons (Fsp3) is 0.263. The lowest BCUT2D eigenvalue weighted by Gasteiger charge is -2.01. The van der Waals surface area contributed by atoms with Gasteiger partial charge >= 0.3 is 0 Å². The molecule has 3 aromatic rings. The van der Waals surface area contributed by atoms with Crippen LogP contribution in [0.2, 0.25) is 0 Å². The van der Waals surface area contributed by atoms with E-state index in [1.165, 1.54) is 36.5 Å². The van der Waals surface area contributed by atoms with Gasteiger partial charge in [0.25, 0.3) is 0 Å². The van der Waals surface area contributed by atoms with Crippen molar-refractivity contribution in [1.82, 2.24) is 4.98 Å². The van der Waals surface area contributed by atoms with Crippen molar-refractivity contribution in [3.8, 4) is 0 Å². The zero-order valence-corrected chi connectivity index (χ0v) is 12.2. The monoisotopic (exact) mass is 277 g/mol. The summed E-state index contributed by atoms with van der Waals surface area (Å²) >= 11 is 0. The van der Waals surface area contributed by atoms with Gasteiger partial charge in [0.1, 0.15) is 0 Å². The first-order valence-corrected chi connectivity index (χ1v) is 7.68. The second kappa shape index (κ2) is 6.98. The third-order valence-corrected chi connectivity index (χ3v) is 4.03. The first kappa shape index (κ1) is 13.7. The van der Waals surface area contributed by atoms with E-state index in [9.17, 15) is 0 Å². The van der Waals surface area contributed by atoms with Crippen molar-refractivity contribution in [3.63, 3.8) is 0 Å². The molecule has 0 saturated heterocycles. The van der Waals surface area contributed by atoms with Gasteiger partial charge in [0.05, 0.1) is 0 Å². The summed E-state index contributed by atoms with van der Waals surface area (Å²) in [6.45, 7) is 0. The maximum Gasteiger partial charge on any atom is 0.169 e. The molecule has 1 aromatic carbocycles. The molecule has 1 saturated carbocycles. The molecular formula is C19H21N2+. The van der Waals surface area contributed by atoms with E-state index in [1.54, 1.807) is 0 Å². The molecule has 2 aromatic heterocycles. The Kier molecular flexibility index (Phi) is 4.57. The molecule has 0 unspecified atom stereocenters. The highest BCUT2D eigenvalue weighted by Gasteiger charge is 2.21. The predicted octanol–water partition coefficient (Wildman–Crippen LogP) is 4.32. The molecule has 0 radical (unpaired) electrons. The molecule has 21 heavy (non-hydrogen) atoms. The van der Waals surface area contributed by atoms with Gasteiger partial charge in [-0.2, -0.15) is 0 Å². The van der Waals surface area contributed by atoms with Gasteiger partial charge < -0.3 is 0 Å². The number of hydrogen-bond acceptors (Lipinski definition) is 1. The lowest BCUT2D eigenvalue weighted by atomic mass is 10.2. The summed E-state index contributed by atoms with van der Waals surface area (Å²) in [4.78, 5) is 4.01. The van der Waals surface area contributed by atoms with Crippen molar-refractivity contribution in [2.45, 2.75) is 31.7 Å². The lowest BCUT2D eigenvalue weighted by molar-refractivity contribution is -0.721. The van der Waals surface area contributed by atoms with E-state index in [4.69, 9.17) is 0 Å². The molecule has 1 fully saturated rings. The standard InChI is InChI=1S/C10H14N.C9H7N/c1-4-8-11(9-5-1)10-6-2-3-7-10;1-2-4-9-7-10-6-5-8(9)3-1/h1,4-5,8-10H,2-3,6-7H2;1-7H/q+1;. The molecule has 1 aliphatic rings. The number of rotatable bonds is 1. The Morgan fingerprint density at radius 2 is 1.52 bits per heavy atom. The number of hydrogen-bond donors (Lipinski definition) is 0. The van der Waals surface area contributed by atoms with Crippen LogP contribution in [0.15, 0.2) is 73.3 Å². The van der Waals surface area contributed by atoms with Crippen LogP contribution in [0.25, 0.3) is 10.8 Å². The van der Waals surface area contributed by atoms with Gasteiger partial charge in [0.15, 0.2) is 18.4 Å². The highest BCUT2D eigenvalue weighted by atomic mass is 15.0. The largest absolute Gasteiger partial charge is 0.264 e. The van der Waals surface area contributed by atoms with E-state index in [-0.39, 0.29) is 0 Å². The van der Waals surface area contributed by atoms with Crippen LogP contribution >= 0.6 is 0 Å². The van der Waals surface area contributed by atoms with E-state index in [0.717, 1.165) is 6.04 Å². The van der Waals surface area contributed by atoms with Gasteiger partial charge in [-0.3, -0.25) is 4.98 Å². The molecule has 4 rings (SSSR count). The Labute approximate surface area is 126 Å². The van der Waals surface area contributed by atoms with E-state index >= 15 is 0 Å². The summed E-state index contributed by atoms with van der Waals surface area (Å²) in [5, 5.41) is 2.45. The van der Waals surface area contributed by atoms with Crippen LogP contribution in [-0.2, 0) is 0 Å². The molecule has 0 amide bonds. The van der Waals surface area contributed by atoms with Crippen molar-refractivity contribution < 1.29 is 4.57 Å². The van der Waals surface area contributed by atoms with Crippen LogP contribution in [0.3, 0.4) is 0 Å². The van der Waals surface area contributed by atoms with Crippen LogP contribution < -0.4 is 4.57 Å². The Morgan fingerprint density at radius 3 is 2.24 bits per heavy atom. The third kappa shape index (κ3) is 3.66. The highest BCUT2D eigenvalue weighted by molar-refractivity contribution is 5.80. The molecular weight excluding hydrogens is 256 g/mol. The van der Waals surface area contributed by atoms with Crippen molar-refractivity contribution in [3.05, 3.63) is 73.3 Å². The predicted molar refractivity (Wildman–Crippen MR) is 85.9 cm³/mol. The molecule has 0 atom stereocenters. The molecule has 0 aliphatic heterocycles. The smallest absolute Gasteiger partial charge is 0.169 e. The molecule has 0 N–H and O–H groups in total. The molecule has 0 bridgehead atoms. The zero-order valence-electron chi connectivity index (χ0n) is 12.2. The van der Waals surface area contributed by atoms with Gasteiger partial charge in [0, 0.05) is 37.4 Å². The minimum absolute atomic E-state index is 0.788. The van der Waals surface area contributed by atoms with E-state index in [1.807, 2.05) is 30.6 Å². The van der Waals surface area contributed by atoms with Gasteiger partial charge in [0.2, 0.25) is 0 Å². The Bertz CT molecular complexity index is 608. The minimum atomic E-state index is 0.788. The van der Waals surface area contributed by atoms with Crippen LogP contribution in [0.1, 0.15) is 31.7 Å². The van der Waals surface area contributed by atoms with Crippen molar-refractivity contribution in [2.24, 2.45) is 0 Å². The summed E-state index contributed by atoms with van der Waals surface area (Å²) in [7, 11) is 0. The average Bonchev–Trinajstić information content (AvgIpc) is 3.11. The van der Waals surface area contributed by atoms with Gasteiger partial charge in [-0.15, -0.1) is 0 Å². The fourth-order valence-corrected chi connectivity index (χ4v) is 2.88. The van der Waals surface area contributed by atoms with E-state index in [2.05, 4.69) is 52.3 Å². The first-order valence-electron chi connectivity index (χ1n) is 7.68. The zero-order chi connectivity index (χ0) is 14.3. The molecule has 0 spiro atoms. The summed E-state index contributed by atoms with van der Waals surface area (Å²) in [5.41, 5.74) is 0. The van der Waals surface area contributed by atoms with Gasteiger partial charge in [-0.1, -0.05) is 30.3 Å². The molecule has 1 aliphatic carbocycles. The van der Waals surface area contributed by atoms with Gasteiger partial charge in [-0.05, 0) is 29.7 Å². The van der Waals surface area contributed by atoms with Crippen molar-refractivity contribution >= 4 is 10.8 Å². The number of aromatic nitrogens is 2. The van der Waals surface area contributed by atoms with Crippen LogP contribution in [0.4, 0.5) is 0 Å². The third-order valence-electron chi connectivity index (χ3n) is 4.03. The molecule has 106 valence electrons. The quantitative estimate of drug-likeness (QED) is 0.605. The first-order chi connectivity index (χ1) is 10.4. The second-order valence-electron chi connectivity index (χ2n) is 5.48. The number of benzene rings is 1. The highest BCUT2D eigenvalue weighted by Crippen LogP contribution is 2.24. The van der Waals surface area contributed by atoms with Crippen molar-refractivity contribution in [2.75, 3.05) is 0 Å². The summed E-state index contributed by atoms with van der Waals surface area (Å²) < 4.78 is 2.34. The van der Waals surface area contributed by atoms with E-state index in [0.29, 0.717) is 0 Å². The average molecular weight is 277 g/mol.